The molecule has 0 radical (unpaired) electrons. The lowest BCUT2D eigenvalue weighted by Crippen LogP contribution is -2.09. The first-order valence-corrected chi connectivity index (χ1v) is 6.61. The first-order valence-electron chi connectivity index (χ1n) is 6.61. The van der Waals surface area contributed by atoms with Gasteiger partial charge >= 0.3 is 6.18 Å². The number of aromatic nitrogens is 2. The zero-order valence-electron chi connectivity index (χ0n) is 11.5. The third-order valence-electron chi connectivity index (χ3n) is 3.47. The molecular weight excluding hydrogens is 281 g/mol. The van der Waals surface area contributed by atoms with Crippen molar-refractivity contribution >= 4 is 5.78 Å². The molecule has 0 aliphatic heterocycles. The average Bonchev–Trinajstić information content (AvgIpc) is 2.89. The van der Waals surface area contributed by atoms with Crippen LogP contribution in [-0.2, 0) is 12.7 Å². The maximum Gasteiger partial charge on any atom is 0.416 e. The van der Waals surface area contributed by atoms with Gasteiger partial charge in [0.25, 0.3) is 0 Å². The van der Waals surface area contributed by atoms with Gasteiger partial charge in [-0.25, -0.2) is 0 Å². The van der Waals surface area contributed by atoms with Crippen molar-refractivity contribution in [2.75, 3.05) is 0 Å². The molecule has 3 rings (SSSR count). The molecule has 1 aromatic heterocycles. The normalized spacial score (nSPS) is 13.7. The Bertz CT molecular complexity index is 729. The zero-order chi connectivity index (χ0) is 15.4. The second-order valence-corrected chi connectivity index (χ2v) is 5.57. The topological polar surface area (TPSA) is 34.9 Å². The number of benzene rings is 1. The second kappa shape index (κ2) is 4.44. The quantitative estimate of drug-likeness (QED) is 0.721. The van der Waals surface area contributed by atoms with Gasteiger partial charge in [-0.3, -0.25) is 9.48 Å². The number of rotatable bonds is 2. The van der Waals surface area contributed by atoms with Crippen LogP contribution in [-0.4, -0.2) is 15.6 Å². The molecule has 1 aliphatic carbocycles. The van der Waals surface area contributed by atoms with Crippen LogP contribution in [0.5, 0.6) is 0 Å². The summed E-state index contributed by atoms with van der Waals surface area (Å²) in [4.78, 5) is 12.2. The van der Waals surface area contributed by atoms with Crippen molar-refractivity contribution in [2.24, 2.45) is 5.92 Å². The summed E-state index contributed by atoms with van der Waals surface area (Å²) in [7, 11) is 0. The molecule has 2 aromatic rings. The Labute approximate surface area is 119 Å². The Kier molecular flexibility index (Phi) is 2.93. The summed E-state index contributed by atoms with van der Waals surface area (Å²) in [6.07, 6.45) is -2.99. The van der Waals surface area contributed by atoms with E-state index in [0.29, 0.717) is 28.9 Å². The third-order valence-corrected chi connectivity index (χ3v) is 3.47. The summed E-state index contributed by atoms with van der Waals surface area (Å²) in [6, 6.07) is 3.24. The van der Waals surface area contributed by atoms with Gasteiger partial charge in [-0.15, -0.1) is 0 Å². The molecule has 0 saturated carbocycles. The highest BCUT2D eigenvalue weighted by Gasteiger charge is 2.36. The molecule has 110 valence electrons. The highest BCUT2D eigenvalue weighted by Crippen LogP contribution is 2.40. The highest BCUT2D eigenvalue weighted by atomic mass is 19.4. The van der Waals surface area contributed by atoms with E-state index in [1.54, 1.807) is 4.68 Å². The van der Waals surface area contributed by atoms with Gasteiger partial charge in [0.15, 0.2) is 5.78 Å². The van der Waals surface area contributed by atoms with Crippen LogP contribution in [0.25, 0.3) is 11.3 Å². The van der Waals surface area contributed by atoms with E-state index in [-0.39, 0.29) is 11.7 Å². The van der Waals surface area contributed by atoms with Crippen molar-refractivity contribution in [1.82, 2.24) is 9.78 Å². The monoisotopic (exact) mass is 294 g/mol. The Balaban J connectivity index is 2.18. The van der Waals surface area contributed by atoms with Crippen LogP contribution < -0.4 is 0 Å². The number of alkyl halides is 3. The SMILES string of the molecule is CC(C)Cn1ncc2c1-c1cc(C(F)(F)F)ccc1C2=O. The first-order chi connectivity index (χ1) is 9.79. The number of hydrogen-bond donors (Lipinski definition) is 0. The predicted octanol–water partition coefficient (Wildman–Crippen LogP) is 3.77. The van der Waals surface area contributed by atoms with E-state index in [2.05, 4.69) is 5.10 Å². The molecule has 0 unspecified atom stereocenters. The Morgan fingerprint density at radius 1 is 1.19 bits per heavy atom. The molecule has 0 bridgehead atoms. The fourth-order valence-electron chi connectivity index (χ4n) is 2.58. The number of nitrogens with zero attached hydrogens (tertiary/aromatic N) is 2. The summed E-state index contributed by atoms with van der Waals surface area (Å²) in [5.74, 6) is 0.0164. The zero-order valence-corrected chi connectivity index (χ0v) is 11.5. The van der Waals surface area contributed by atoms with Gasteiger partial charge < -0.3 is 0 Å². The molecule has 3 nitrogen and oxygen atoms in total. The second-order valence-electron chi connectivity index (χ2n) is 5.57. The van der Waals surface area contributed by atoms with Crippen LogP contribution >= 0.6 is 0 Å². The minimum Gasteiger partial charge on any atom is -0.288 e. The number of hydrogen-bond acceptors (Lipinski definition) is 2. The summed E-state index contributed by atoms with van der Waals surface area (Å²) in [5, 5.41) is 4.13. The van der Waals surface area contributed by atoms with Gasteiger partial charge in [-0.05, 0) is 24.1 Å². The van der Waals surface area contributed by atoms with Gasteiger partial charge in [-0.2, -0.15) is 18.3 Å². The summed E-state index contributed by atoms with van der Waals surface area (Å²) >= 11 is 0. The number of carbonyl (C=O) groups is 1. The third kappa shape index (κ3) is 2.14. The lowest BCUT2D eigenvalue weighted by molar-refractivity contribution is -0.137. The number of fused-ring (bicyclic) bond motifs is 3. The van der Waals surface area contributed by atoms with Crippen LogP contribution in [0.2, 0.25) is 0 Å². The highest BCUT2D eigenvalue weighted by molar-refractivity contribution is 6.21. The lowest BCUT2D eigenvalue weighted by Gasteiger charge is -2.11. The summed E-state index contributed by atoms with van der Waals surface area (Å²) < 4.78 is 40.2. The number of halogens is 3. The molecule has 0 amide bonds. The van der Waals surface area contributed by atoms with Crippen molar-refractivity contribution in [3.05, 3.63) is 41.1 Å². The number of ketones is 1. The molecule has 1 heterocycles. The molecule has 0 spiro atoms. The van der Waals surface area contributed by atoms with E-state index in [4.69, 9.17) is 0 Å². The maximum atomic E-state index is 12.9. The van der Waals surface area contributed by atoms with Crippen molar-refractivity contribution in [2.45, 2.75) is 26.6 Å². The van der Waals surface area contributed by atoms with E-state index in [1.165, 1.54) is 12.3 Å². The van der Waals surface area contributed by atoms with Crippen LogP contribution in [0.4, 0.5) is 13.2 Å². The van der Waals surface area contributed by atoms with Crippen LogP contribution in [0.15, 0.2) is 24.4 Å². The molecule has 1 aromatic carbocycles. The van der Waals surface area contributed by atoms with E-state index in [1.807, 2.05) is 13.8 Å². The first kappa shape index (κ1) is 13.9. The molecule has 21 heavy (non-hydrogen) atoms. The van der Waals surface area contributed by atoms with Crippen LogP contribution in [0.1, 0.15) is 35.3 Å². The van der Waals surface area contributed by atoms with Gasteiger partial charge in [0.05, 0.1) is 23.0 Å². The van der Waals surface area contributed by atoms with Gasteiger partial charge in [0.2, 0.25) is 0 Å². The minimum atomic E-state index is -4.43. The van der Waals surface area contributed by atoms with Crippen LogP contribution in [0.3, 0.4) is 0 Å². The molecule has 0 atom stereocenters. The summed E-state index contributed by atoms with van der Waals surface area (Å²) in [6.45, 7) is 4.52. The Morgan fingerprint density at radius 3 is 2.52 bits per heavy atom. The Hall–Kier alpha value is -2.11. The molecular formula is C15H13F3N2O. The molecule has 1 aliphatic rings. The van der Waals surface area contributed by atoms with Gasteiger partial charge in [-0.1, -0.05) is 13.8 Å². The molecule has 0 N–H and O–H groups in total. The van der Waals surface area contributed by atoms with E-state index in [9.17, 15) is 18.0 Å². The average molecular weight is 294 g/mol. The smallest absolute Gasteiger partial charge is 0.288 e. The van der Waals surface area contributed by atoms with E-state index >= 15 is 0 Å². The fraction of sp³-hybridized carbons (Fsp3) is 0.333. The maximum absolute atomic E-state index is 12.9. The standard InChI is InChI=1S/C15H13F3N2O/c1-8(2)7-20-13-11-5-9(15(16,17)18)3-4-10(11)14(21)12(13)6-19-20/h3-6,8H,7H2,1-2H3. The molecule has 0 saturated heterocycles. The van der Waals surface area contributed by atoms with Gasteiger partial charge in [0.1, 0.15) is 0 Å². The Morgan fingerprint density at radius 2 is 1.90 bits per heavy atom. The van der Waals surface area contributed by atoms with Crippen molar-refractivity contribution < 1.29 is 18.0 Å². The predicted molar refractivity (Wildman–Crippen MR) is 70.9 cm³/mol. The van der Waals surface area contributed by atoms with Crippen molar-refractivity contribution in [3.8, 4) is 11.3 Å². The fourth-order valence-corrected chi connectivity index (χ4v) is 2.58. The number of carbonyl (C=O) groups excluding carboxylic acids is 1. The molecule has 0 fully saturated rings. The largest absolute Gasteiger partial charge is 0.416 e. The van der Waals surface area contributed by atoms with E-state index in [0.717, 1.165) is 12.1 Å². The van der Waals surface area contributed by atoms with Crippen molar-refractivity contribution in [3.63, 3.8) is 0 Å². The molecule has 6 heteroatoms. The van der Waals surface area contributed by atoms with Crippen molar-refractivity contribution in [1.29, 1.82) is 0 Å². The van der Waals surface area contributed by atoms with Gasteiger partial charge in [0, 0.05) is 17.7 Å². The van der Waals surface area contributed by atoms with E-state index < -0.39 is 11.7 Å². The minimum absolute atomic E-state index is 0.260. The summed E-state index contributed by atoms with van der Waals surface area (Å²) in [5.41, 5.74) is 0.759. The lowest BCUT2D eigenvalue weighted by atomic mass is 10.0. The van der Waals surface area contributed by atoms with Crippen LogP contribution in [0, 0.1) is 5.92 Å².